The van der Waals surface area contributed by atoms with Gasteiger partial charge in [0.05, 0.1) is 12.2 Å². The van der Waals surface area contributed by atoms with Crippen molar-refractivity contribution < 1.29 is 25.2 Å². The van der Waals surface area contributed by atoms with Gasteiger partial charge in [-0.25, -0.2) is 0 Å². The lowest BCUT2D eigenvalue weighted by atomic mass is 9.86. The van der Waals surface area contributed by atoms with Crippen LogP contribution in [0.15, 0.2) is 0 Å². The van der Waals surface area contributed by atoms with Gasteiger partial charge in [-0.1, -0.05) is 0 Å². The smallest absolute Gasteiger partial charge is 0.148 e. The molecule has 0 amide bonds. The lowest BCUT2D eigenvalue weighted by Crippen LogP contribution is -2.52. The standard InChI is InChI=1S/C8H16O5/c1-5(10)8(13,6(2)11)3-7(12)4-9/h4-7,10-13H,3H2,1-2H3/t5-,6?,7-,8?/m1/s1. The van der Waals surface area contributed by atoms with Gasteiger partial charge in [0.1, 0.15) is 18.0 Å². The minimum absolute atomic E-state index is 0.246. The molecule has 0 saturated carbocycles. The Bertz CT molecular complexity index is 158. The molecular formula is C8H16O5. The molecule has 5 nitrogen and oxygen atoms in total. The second-order valence-electron chi connectivity index (χ2n) is 3.25. The molecule has 4 N–H and O–H groups in total. The van der Waals surface area contributed by atoms with Crippen molar-refractivity contribution in [3.63, 3.8) is 0 Å². The van der Waals surface area contributed by atoms with Crippen LogP contribution in [-0.2, 0) is 4.79 Å². The first-order valence-corrected chi connectivity index (χ1v) is 4.06. The fraction of sp³-hybridized carbons (Fsp3) is 0.875. The summed E-state index contributed by atoms with van der Waals surface area (Å²) in [6.07, 6.45) is -3.96. The van der Waals surface area contributed by atoms with Gasteiger partial charge >= 0.3 is 0 Å². The summed E-state index contributed by atoms with van der Waals surface area (Å²) in [5, 5.41) is 36.9. The fourth-order valence-electron chi connectivity index (χ4n) is 1.07. The number of aliphatic hydroxyl groups excluding tert-OH is 3. The molecule has 4 atom stereocenters. The summed E-state index contributed by atoms with van der Waals surface area (Å²) in [7, 11) is 0. The zero-order chi connectivity index (χ0) is 10.6. The molecule has 0 bridgehead atoms. The van der Waals surface area contributed by atoms with Gasteiger partial charge in [-0.05, 0) is 13.8 Å². The van der Waals surface area contributed by atoms with Gasteiger partial charge in [-0.3, -0.25) is 0 Å². The molecule has 0 aromatic heterocycles. The third-order valence-electron chi connectivity index (χ3n) is 2.14. The summed E-state index contributed by atoms with van der Waals surface area (Å²) in [6.45, 7) is 2.56. The molecule has 0 rings (SSSR count). The maximum absolute atomic E-state index is 10.1. The number of hydrogen-bond donors (Lipinski definition) is 4. The zero-order valence-corrected chi connectivity index (χ0v) is 7.71. The average molecular weight is 192 g/mol. The lowest BCUT2D eigenvalue weighted by molar-refractivity contribution is -0.154. The van der Waals surface area contributed by atoms with Gasteiger partial charge in [0.25, 0.3) is 0 Å². The summed E-state index contributed by atoms with van der Waals surface area (Å²) in [5.41, 5.74) is -1.85. The van der Waals surface area contributed by atoms with Crippen molar-refractivity contribution in [1.82, 2.24) is 0 Å². The second-order valence-corrected chi connectivity index (χ2v) is 3.25. The van der Waals surface area contributed by atoms with E-state index in [4.69, 9.17) is 15.3 Å². The van der Waals surface area contributed by atoms with Gasteiger partial charge in [0.15, 0.2) is 0 Å². The molecule has 0 aromatic rings. The van der Waals surface area contributed by atoms with E-state index in [-0.39, 0.29) is 12.7 Å². The van der Waals surface area contributed by atoms with Crippen LogP contribution >= 0.6 is 0 Å². The first-order valence-electron chi connectivity index (χ1n) is 4.06. The van der Waals surface area contributed by atoms with Gasteiger partial charge in [-0.15, -0.1) is 0 Å². The average Bonchev–Trinajstić information content (AvgIpc) is 2.03. The Labute approximate surface area is 76.6 Å². The Morgan fingerprint density at radius 3 is 1.85 bits per heavy atom. The van der Waals surface area contributed by atoms with Crippen LogP contribution in [0.3, 0.4) is 0 Å². The minimum atomic E-state index is -1.85. The summed E-state index contributed by atoms with van der Waals surface area (Å²) in [5.74, 6) is 0. The number of carbonyl (C=O) groups excluding carboxylic acids is 1. The van der Waals surface area contributed by atoms with Crippen molar-refractivity contribution in [2.24, 2.45) is 0 Å². The Hall–Kier alpha value is -0.490. The van der Waals surface area contributed by atoms with Crippen LogP contribution in [0.5, 0.6) is 0 Å². The van der Waals surface area contributed by atoms with Crippen LogP contribution in [-0.4, -0.2) is 50.6 Å². The molecule has 0 aliphatic carbocycles. The highest BCUT2D eigenvalue weighted by molar-refractivity contribution is 5.55. The largest absolute Gasteiger partial charge is 0.390 e. The predicted molar refractivity (Wildman–Crippen MR) is 45.0 cm³/mol. The highest BCUT2D eigenvalue weighted by Crippen LogP contribution is 2.21. The van der Waals surface area contributed by atoms with E-state index in [1.165, 1.54) is 13.8 Å². The number of hydrogen-bond acceptors (Lipinski definition) is 5. The van der Waals surface area contributed by atoms with Crippen LogP contribution in [0.4, 0.5) is 0 Å². The maximum atomic E-state index is 10.1. The van der Waals surface area contributed by atoms with Crippen LogP contribution in [0, 0.1) is 0 Å². The summed E-state index contributed by atoms with van der Waals surface area (Å²) in [6, 6.07) is 0. The molecule has 0 aliphatic rings. The van der Waals surface area contributed by atoms with E-state index in [2.05, 4.69) is 0 Å². The molecule has 0 aromatic carbocycles. The van der Waals surface area contributed by atoms with Gasteiger partial charge < -0.3 is 25.2 Å². The van der Waals surface area contributed by atoms with Crippen molar-refractivity contribution >= 4 is 6.29 Å². The molecule has 2 unspecified atom stereocenters. The van der Waals surface area contributed by atoms with Crippen molar-refractivity contribution in [3.8, 4) is 0 Å². The number of carbonyl (C=O) groups is 1. The van der Waals surface area contributed by atoms with Crippen LogP contribution in [0.1, 0.15) is 20.3 Å². The van der Waals surface area contributed by atoms with Crippen molar-refractivity contribution in [1.29, 1.82) is 0 Å². The minimum Gasteiger partial charge on any atom is -0.390 e. The van der Waals surface area contributed by atoms with E-state index in [1.54, 1.807) is 0 Å². The Morgan fingerprint density at radius 1 is 1.23 bits per heavy atom. The van der Waals surface area contributed by atoms with E-state index < -0.39 is 23.9 Å². The number of rotatable bonds is 5. The number of aliphatic hydroxyl groups is 4. The van der Waals surface area contributed by atoms with Crippen LogP contribution in [0.2, 0.25) is 0 Å². The SMILES string of the molecule is CC(O)C(O)(C[C@@H](O)C=O)[C@@H](C)O. The number of aldehydes is 1. The van der Waals surface area contributed by atoms with E-state index in [9.17, 15) is 9.90 Å². The summed E-state index contributed by atoms with van der Waals surface area (Å²) >= 11 is 0. The molecule has 0 aliphatic heterocycles. The van der Waals surface area contributed by atoms with E-state index in [0.29, 0.717) is 0 Å². The molecule has 0 radical (unpaired) electrons. The molecule has 0 fully saturated rings. The van der Waals surface area contributed by atoms with Gasteiger partial charge in [-0.2, -0.15) is 0 Å². The summed E-state index contributed by atoms with van der Waals surface area (Å²) < 4.78 is 0. The molecule has 13 heavy (non-hydrogen) atoms. The first-order chi connectivity index (χ1) is 5.84. The normalized spacial score (nSPS) is 22.9. The Morgan fingerprint density at radius 2 is 1.62 bits per heavy atom. The lowest BCUT2D eigenvalue weighted by Gasteiger charge is -2.34. The monoisotopic (exact) mass is 192 g/mol. The Balaban J connectivity index is 4.51. The van der Waals surface area contributed by atoms with E-state index >= 15 is 0 Å². The highest BCUT2D eigenvalue weighted by Gasteiger charge is 2.39. The molecule has 0 saturated heterocycles. The van der Waals surface area contributed by atoms with Crippen molar-refractivity contribution in [3.05, 3.63) is 0 Å². The van der Waals surface area contributed by atoms with Crippen molar-refractivity contribution in [2.45, 2.75) is 44.2 Å². The Kier molecular flexibility index (Phi) is 4.49. The predicted octanol–water partition coefficient (Wildman–Crippen LogP) is -1.57. The third kappa shape index (κ3) is 3.04. The van der Waals surface area contributed by atoms with Crippen LogP contribution in [0.25, 0.3) is 0 Å². The quantitative estimate of drug-likeness (QED) is 0.394. The van der Waals surface area contributed by atoms with Crippen molar-refractivity contribution in [2.75, 3.05) is 0 Å². The highest BCUT2D eigenvalue weighted by atomic mass is 16.4. The third-order valence-corrected chi connectivity index (χ3v) is 2.14. The van der Waals surface area contributed by atoms with E-state index in [1.807, 2.05) is 0 Å². The van der Waals surface area contributed by atoms with E-state index in [0.717, 1.165) is 0 Å². The molecule has 0 heterocycles. The zero-order valence-electron chi connectivity index (χ0n) is 7.71. The maximum Gasteiger partial charge on any atom is 0.148 e. The topological polar surface area (TPSA) is 98.0 Å². The first kappa shape index (κ1) is 12.5. The molecule has 0 spiro atoms. The molecule has 78 valence electrons. The van der Waals surface area contributed by atoms with Gasteiger partial charge in [0, 0.05) is 6.42 Å². The molecule has 5 heteroatoms. The van der Waals surface area contributed by atoms with Gasteiger partial charge in [0.2, 0.25) is 0 Å². The second kappa shape index (κ2) is 4.66. The summed E-state index contributed by atoms with van der Waals surface area (Å²) in [4.78, 5) is 10.1. The fourth-order valence-corrected chi connectivity index (χ4v) is 1.07. The molecular weight excluding hydrogens is 176 g/mol. The van der Waals surface area contributed by atoms with Crippen LogP contribution < -0.4 is 0 Å².